The average Bonchev–Trinajstić information content (AvgIpc) is 3.00. The first-order chi connectivity index (χ1) is 13.8. The number of anilines is 1. The molecule has 29 heavy (non-hydrogen) atoms. The third kappa shape index (κ3) is 4.40. The Morgan fingerprint density at radius 1 is 1.24 bits per heavy atom. The molecule has 2 N–H and O–H groups in total. The predicted octanol–water partition coefficient (Wildman–Crippen LogP) is 3.96. The first-order valence-corrected chi connectivity index (χ1v) is 11.1. The Kier molecular flexibility index (Phi) is 6.79. The van der Waals surface area contributed by atoms with Crippen molar-refractivity contribution in [2.45, 2.75) is 71.1 Å². The number of thiocarbonyl (C=S) groups is 1. The second-order valence-electron chi connectivity index (χ2n) is 8.43. The first kappa shape index (κ1) is 22.0. The van der Waals surface area contributed by atoms with Crippen molar-refractivity contribution < 1.29 is 9.18 Å². The molecule has 0 unspecified atom stereocenters. The van der Waals surface area contributed by atoms with E-state index in [0.29, 0.717) is 11.0 Å². The molecule has 1 aromatic rings. The SMILES string of the molecule is CC[C@H](C)[C@H]1NC2(CCN(C(=S)Nc3ccc(F)cc3)CC2)N([C@@H](C)CC)C1=O. The van der Waals surface area contributed by atoms with Crippen molar-refractivity contribution in [3.63, 3.8) is 0 Å². The molecular weight excluding hydrogens is 387 g/mol. The smallest absolute Gasteiger partial charge is 0.241 e. The Morgan fingerprint density at radius 2 is 1.86 bits per heavy atom. The van der Waals surface area contributed by atoms with Gasteiger partial charge in [-0.25, -0.2) is 4.39 Å². The fourth-order valence-electron chi connectivity index (χ4n) is 4.43. The van der Waals surface area contributed by atoms with Crippen LogP contribution in [0.4, 0.5) is 10.1 Å². The van der Waals surface area contributed by atoms with Gasteiger partial charge in [-0.2, -0.15) is 0 Å². The number of halogens is 1. The highest BCUT2D eigenvalue weighted by Crippen LogP contribution is 2.37. The van der Waals surface area contributed by atoms with Crippen LogP contribution >= 0.6 is 12.2 Å². The van der Waals surface area contributed by atoms with Crippen LogP contribution in [0.5, 0.6) is 0 Å². The lowest BCUT2D eigenvalue weighted by Crippen LogP contribution is -2.61. The number of piperidine rings is 1. The topological polar surface area (TPSA) is 47.6 Å². The quantitative estimate of drug-likeness (QED) is 0.706. The highest BCUT2D eigenvalue weighted by Gasteiger charge is 2.53. The Labute approximate surface area is 179 Å². The minimum atomic E-state index is -0.289. The molecular formula is C22H33FN4OS. The molecule has 3 rings (SSSR count). The van der Waals surface area contributed by atoms with Gasteiger partial charge in [0.2, 0.25) is 5.91 Å². The van der Waals surface area contributed by atoms with Crippen molar-refractivity contribution in [3.8, 4) is 0 Å². The molecule has 0 aliphatic carbocycles. The lowest BCUT2D eigenvalue weighted by molar-refractivity contribution is -0.136. The van der Waals surface area contributed by atoms with Crippen molar-refractivity contribution in [2.75, 3.05) is 18.4 Å². The summed E-state index contributed by atoms with van der Waals surface area (Å²) in [6.45, 7) is 10.1. The van der Waals surface area contributed by atoms with E-state index in [4.69, 9.17) is 12.2 Å². The lowest BCUT2D eigenvalue weighted by Gasteiger charge is -2.47. The van der Waals surface area contributed by atoms with Gasteiger partial charge in [-0.15, -0.1) is 0 Å². The highest BCUT2D eigenvalue weighted by atomic mass is 32.1. The molecule has 7 heteroatoms. The molecule has 0 radical (unpaired) electrons. The van der Waals surface area contributed by atoms with E-state index < -0.39 is 0 Å². The van der Waals surface area contributed by atoms with Crippen LogP contribution in [-0.4, -0.2) is 51.7 Å². The summed E-state index contributed by atoms with van der Waals surface area (Å²) in [4.78, 5) is 17.5. The van der Waals surface area contributed by atoms with E-state index in [1.54, 1.807) is 12.1 Å². The third-order valence-corrected chi connectivity index (χ3v) is 6.97. The molecule has 1 aromatic carbocycles. The zero-order chi connectivity index (χ0) is 21.2. The standard InChI is InChI=1S/C22H33FN4OS/c1-5-15(3)19-20(28)27(16(4)6-2)22(25-19)11-13-26(14-12-22)21(29)24-18-9-7-17(23)8-10-18/h7-10,15-16,19,25H,5-6,11-14H2,1-4H3,(H,24,29)/t15-,16-,19+/m0/s1. The van der Waals surface area contributed by atoms with Gasteiger partial charge in [-0.1, -0.05) is 27.2 Å². The van der Waals surface area contributed by atoms with Gasteiger partial charge in [0.15, 0.2) is 5.11 Å². The molecule has 0 bridgehead atoms. The van der Waals surface area contributed by atoms with Crippen molar-refractivity contribution in [1.29, 1.82) is 0 Å². The van der Waals surface area contributed by atoms with E-state index in [9.17, 15) is 9.18 Å². The van der Waals surface area contributed by atoms with E-state index >= 15 is 0 Å². The molecule has 2 aliphatic rings. The third-order valence-electron chi connectivity index (χ3n) is 6.61. The van der Waals surface area contributed by atoms with Gasteiger partial charge in [0.1, 0.15) is 5.82 Å². The van der Waals surface area contributed by atoms with E-state index in [-0.39, 0.29) is 29.5 Å². The Hall–Kier alpha value is -1.73. The number of carbonyl (C=O) groups excluding carboxylic acids is 1. The number of benzene rings is 1. The van der Waals surface area contributed by atoms with Crippen molar-refractivity contribution >= 4 is 28.9 Å². The van der Waals surface area contributed by atoms with E-state index in [0.717, 1.165) is 44.5 Å². The molecule has 2 aliphatic heterocycles. The summed E-state index contributed by atoms with van der Waals surface area (Å²) in [5.41, 5.74) is 0.492. The van der Waals surface area contributed by atoms with Crippen LogP contribution < -0.4 is 10.6 Å². The van der Waals surface area contributed by atoms with Gasteiger partial charge in [-0.3, -0.25) is 10.1 Å². The summed E-state index contributed by atoms with van der Waals surface area (Å²) in [6.07, 6.45) is 3.59. The van der Waals surface area contributed by atoms with Gasteiger partial charge in [0.25, 0.3) is 0 Å². The van der Waals surface area contributed by atoms with Gasteiger partial charge in [0.05, 0.1) is 11.7 Å². The molecule has 2 fully saturated rings. The fraction of sp³-hybridized carbons (Fsp3) is 0.636. The molecule has 2 heterocycles. The van der Waals surface area contributed by atoms with Crippen molar-refractivity contribution in [1.82, 2.24) is 15.1 Å². The minimum Gasteiger partial charge on any atom is -0.349 e. The van der Waals surface area contributed by atoms with Crippen LogP contribution in [0, 0.1) is 11.7 Å². The predicted molar refractivity (Wildman–Crippen MR) is 119 cm³/mol. The van der Waals surface area contributed by atoms with Crippen LogP contribution in [0.1, 0.15) is 53.4 Å². The Bertz CT molecular complexity index is 733. The summed E-state index contributed by atoms with van der Waals surface area (Å²) in [5, 5.41) is 7.57. The minimum absolute atomic E-state index is 0.107. The molecule has 1 spiro atoms. The van der Waals surface area contributed by atoms with E-state index in [1.165, 1.54) is 12.1 Å². The van der Waals surface area contributed by atoms with Crippen molar-refractivity contribution in [3.05, 3.63) is 30.1 Å². The van der Waals surface area contributed by atoms with Gasteiger partial charge < -0.3 is 15.1 Å². The zero-order valence-corrected chi connectivity index (χ0v) is 18.7. The normalized spacial score (nSPS) is 23.3. The number of carbonyl (C=O) groups is 1. The number of amides is 1. The maximum Gasteiger partial charge on any atom is 0.241 e. The number of hydrogen-bond donors (Lipinski definition) is 2. The first-order valence-electron chi connectivity index (χ1n) is 10.7. The fourth-order valence-corrected chi connectivity index (χ4v) is 4.73. The summed E-state index contributed by atoms with van der Waals surface area (Å²) in [5.74, 6) is 0.293. The number of hydrogen-bond acceptors (Lipinski definition) is 3. The van der Waals surface area contributed by atoms with Gasteiger partial charge >= 0.3 is 0 Å². The van der Waals surface area contributed by atoms with Crippen LogP contribution in [0.25, 0.3) is 0 Å². The van der Waals surface area contributed by atoms with E-state index in [1.807, 2.05) is 0 Å². The molecule has 160 valence electrons. The summed E-state index contributed by atoms with van der Waals surface area (Å²) >= 11 is 5.58. The maximum atomic E-state index is 13.2. The second-order valence-corrected chi connectivity index (χ2v) is 8.82. The number of rotatable bonds is 5. The largest absolute Gasteiger partial charge is 0.349 e. The molecule has 0 aromatic heterocycles. The van der Waals surface area contributed by atoms with Crippen LogP contribution in [0.2, 0.25) is 0 Å². The Balaban J connectivity index is 1.69. The zero-order valence-electron chi connectivity index (χ0n) is 17.9. The molecule has 0 saturated carbocycles. The summed E-state index contributed by atoms with van der Waals surface area (Å²) in [6, 6.07) is 6.31. The number of likely N-dealkylation sites (tertiary alicyclic amines) is 1. The monoisotopic (exact) mass is 420 g/mol. The summed E-state index contributed by atoms with van der Waals surface area (Å²) < 4.78 is 13.1. The molecule has 1 amide bonds. The Morgan fingerprint density at radius 3 is 2.41 bits per heavy atom. The highest BCUT2D eigenvalue weighted by molar-refractivity contribution is 7.80. The maximum absolute atomic E-state index is 13.2. The molecule has 5 nitrogen and oxygen atoms in total. The lowest BCUT2D eigenvalue weighted by atomic mass is 9.94. The van der Waals surface area contributed by atoms with Crippen LogP contribution in [0.3, 0.4) is 0 Å². The van der Waals surface area contributed by atoms with Gasteiger partial charge in [-0.05, 0) is 55.7 Å². The van der Waals surface area contributed by atoms with Crippen LogP contribution in [0.15, 0.2) is 24.3 Å². The number of nitrogens with zero attached hydrogens (tertiary/aromatic N) is 2. The number of nitrogens with one attached hydrogen (secondary N) is 2. The summed E-state index contributed by atoms with van der Waals surface area (Å²) in [7, 11) is 0. The van der Waals surface area contributed by atoms with Gasteiger partial charge in [0, 0.05) is 37.7 Å². The van der Waals surface area contributed by atoms with Crippen molar-refractivity contribution in [2.24, 2.45) is 5.92 Å². The van der Waals surface area contributed by atoms with Crippen LogP contribution in [-0.2, 0) is 4.79 Å². The molecule has 3 atom stereocenters. The average molecular weight is 421 g/mol. The molecule has 2 saturated heterocycles. The van der Waals surface area contributed by atoms with E-state index in [2.05, 4.69) is 48.1 Å². The second kappa shape index (κ2) is 8.96.